The molecule has 20 heavy (non-hydrogen) atoms. The summed E-state index contributed by atoms with van der Waals surface area (Å²) >= 11 is 0. The molecule has 2 unspecified atom stereocenters. The fourth-order valence-electron chi connectivity index (χ4n) is 3.39. The van der Waals surface area contributed by atoms with Crippen LogP contribution in [0.3, 0.4) is 0 Å². The molecule has 2 heteroatoms. The molecule has 2 nitrogen and oxygen atoms in total. The van der Waals surface area contributed by atoms with Crippen LogP contribution >= 0.6 is 0 Å². The summed E-state index contributed by atoms with van der Waals surface area (Å²) in [6.45, 7) is 4.89. The summed E-state index contributed by atoms with van der Waals surface area (Å²) in [5.41, 5.74) is 1.30. The molecule has 1 aromatic rings. The molecule has 2 rings (SSSR count). The summed E-state index contributed by atoms with van der Waals surface area (Å²) in [4.78, 5) is 0. The van der Waals surface area contributed by atoms with Gasteiger partial charge in [-0.2, -0.15) is 0 Å². The van der Waals surface area contributed by atoms with E-state index in [4.69, 9.17) is 0 Å². The van der Waals surface area contributed by atoms with Gasteiger partial charge in [0.1, 0.15) is 0 Å². The second-order valence-corrected chi connectivity index (χ2v) is 6.60. The molecule has 3 atom stereocenters. The minimum absolute atomic E-state index is 0.188. The first-order valence-corrected chi connectivity index (χ1v) is 8.10. The van der Waals surface area contributed by atoms with E-state index in [1.165, 1.54) is 31.2 Å². The SMILES string of the molecule is CC(C)C1CCCC(N[C@H](CO)Cc2ccccc2)C1. The monoisotopic (exact) mass is 275 g/mol. The molecule has 0 heterocycles. The first-order chi connectivity index (χ1) is 9.69. The number of hydrogen-bond donors (Lipinski definition) is 2. The van der Waals surface area contributed by atoms with E-state index in [0.29, 0.717) is 6.04 Å². The molecule has 1 fully saturated rings. The van der Waals surface area contributed by atoms with Gasteiger partial charge >= 0.3 is 0 Å². The molecule has 2 N–H and O–H groups in total. The molecular weight excluding hydrogens is 246 g/mol. The van der Waals surface area contributed by atoms with Crippen LogP contribution in [0.2, 0.25) is 0 Å². The van der Waals surface area contributed by atoms with E-state index in [-0.39, 0.29) is 12.6 Å². The van der Waals surface area contributed by atoms with Crippen molar-refractivity contribution in [1.82, 2.24) is 5.32 Å². The zero-order chi connectivity index (χ0) is 14.4. The summed E-state index contributed by atoms with van der Waals surface area (Å²) in [6.07, 6.45) is 6.14. The maximum absolute atomic E-state index is 9.63. The van der Waals surface area contributed by atoms with Crippen LogP contribution in [-0.2, 0) is 6.42 Å². The van der Waals surface area contributed by atoms with Crippen molar-refractivity contribution in [2.75, 3.05) is 6.61 Å². The van der Waals surface area contributed by atoms with Crippen LogP contribution in [0.4, 0.5) is 0 Å². The standard InChI is InChI=1S/C18H29NO/c1-14(2)16-9-6-10-17(12-16)19-18(13-20)11-15-7-4-3-5-8-15/h3-5,7-8,14,16-20H,6,9-13H2,1-2H3/t16?,17?,18-/m0/s1. The van der Waals surface area contributed by atoms with Crippen molar-refractivity contribution < 1.29 is 5.11 Å². The van der Waals surface area contributed by atoms with E-state index in [0.717, 1.165) is 18.3 Å². The zero-order valence-corrected chi connectivity index (χ0v) is 12.9. The number of nitrogens with one attached hydrogen (secondary N) is 1. The Hall–Kier alpha value is -0.860. The van der Waals surface area contributed by atoms with E-state index < -0.39 is 0 Å². The minimum atomic E-state index is 0.188. The normalized spacial score (nSPS) is 24.8. The van der Waals surface area contributed by atoms with Gasteiger partial charge in [0.25, 0.3) is 0 Å². The highest BCUT2D eigenvalue weighted by atomic mass is 16.3. The largest absolute Gasteiger partial charge is 0.395 e. The third-order valence-electron chi connectivity index (χ3n) is 4.67. The number of rotatable bonds is 6. The lowest BCUT2D eigenvalue weighted by Crippen LogP contribution is -2.44. The Labute approximate surface area is 123 Å². The molecule has 1 saturated carbocycles. The van der Waals surface area contributed by atoms with Gasteiger partial charge in [-0.15, -0.1) is 0 Å². The number of aliphatic hydroxyl groups is 1. The number of benzene rings is 1. The predicted octanol–water partition coefficient (Wildman–Crippen LogP) is 3.39. The van der Waals surface area contributed by atoms with Crippen LogP contribution in [0, 0.1) is 11.8 Å². The van der Waals surface area contributed by atoms with Gasteiger partial charge in [-0.05, 0) is 36.7 Å². The lowest BCUT2D eigenvalue weighted by atomic mass is 9.79. The van der Waals surface area contributed by atoms with Crippen molar-refractivity contribution in [3.63, 3.8) is 0 Å². The Balaban J connectivity index is 1.86. The van der Waals surface area contributed by atoms with Gasteiger partial charge in [-0.1, -0.05) is 57.0 Å². The van der Waals surface area contributed by atoms with E-state index in [2.05, 4.69) is 43.4 Å². The third kappa shape index (κ3) is 4.60. The third-order valence-corrected chi connectivity index (χ3v) is 4.67. The number of aliphatic hydroxyl groups excluding tert-OH is 1. The van der Waals surface area contributed by atoms with Crippen LogP contribution in [0.1, 0.15) is 45.1 Å². The van der Waals surface area contributed by atoms with Gasteiger partial charge in [-0.25, -0.2) is 0 Å². The molecule has 0 radical (unpaired) electrons. The Morgan fingerprint density at radius 3 is 2.60 bits per heavy atom. The van der Waals surface area contributed by atoms with E-state index in [1.54, 1.807) is 0 Å². The summed E-state index contributed by atoms with van der Waals surface area (Å²) in [7, 11) is 0. The maximum Gasteiger partial charge on any atom is 0.0587 e. The van der Waals surface area contributed by atoms with Crippen LogP contribution in [-0.4, -0.2) is 23.8 Å². The number of hydrogen-bond acceptors (Lipinski definition) is 2. The van der Waals surface area contributed by atoms with Gasteiger partial charge in [0.2, 0.25) is 0 Å². The first-order valence-electron chi connectivity index (χ1n) is 8.10. The Morgan fingerprint density at radius 1 is 1.20 bits per heavy atom. The van der Waals surface area contributed by atoms with E-state index in [9.17, 15) is 5.11 Å². The van der Waals surface area contributed by atoms with Crippen molar-refractivity contribution in [3.8, 4) is 0 Å². The van der Waals surface area contributed by atoms with Gasteiger partial charge < -0.3 is 10.4 Å². The molecule has 0 amide bonds. The van der Waals surface area contributed by atoms with Crippen LogP contribution in [0.5, 0.6) is 0 Å². The fraction of sp³-hybridized carbons (Fsp3) is 0.667. The molecule has 0 aliphatic heterocycles. The highest BCUT2D eigenvalue weighted by Crippen LogP contribution is 2.30. The van der Waals surface area contributed by atoms with Crippen molar-refractivity contribution >= 4 is 0 Å². The van der Waals surface area contributed by atoms with Crippen molar-refractivity contribution in [2.24, 2.45) is 11.8 Å². The molecule has 1 aliphatic rings. The second-order valence-electron chi connectivity index (χ2n) is 6.60. The average Bonchev–Trinajstić information content (AvgIpc) is 2.48. The molecule has 0 aromatic heterocycles. The van der Waals surface area contributed by atoms with E-state index >= 15 is 0 Å². The molecule has 112 valence electrons. The summed E-state index contributed by atoms with van der Waals surface area (Å²) in [5, 5.41) is 13.3. The molecule has 0 bridgehead atoms. The van der Waals surface area contributed by atoms with Gasteiger partial charge in [-0.3, -0.25) is 0 Å². The lowest BCUT2D eigenvalue weighted by Gasteiger charge is -2.34. The van der Waals surface area contributed by atoms with Crippen LogP contribution < -0.4 is 5.32 Å². The highest BCUT2D eigenvalue weighted by molar-refractivity contribution is 5.16. The summed E-state index contributed by atoms with van der Waals surface area (Å²) in [6, 6.07) is 11.2. The Bertz CT molecular complexity index is 376. The van der Waals surface area contributed by atoms with Gasteiger partial charge in [0.15, 0.2) is 0 Å². The van der Waals surface area contributed by atoms with Crippen LogP contribution in [0.15, 0.2) is 30.3 Å². The van der Waals surface area contributed by atoms with Crippen molar-refractivity contribution in [2.45, 2.75) is 58.0 Å². The Morgan fingerprint density at radius 2 is 1.95 bits per heavy atom. The molecular formula is C18H29NO. The lowest BCUT2D eigenvalue weighted by molar-refractivity contribution is 0.185. The minimum Gasteiger partial charge on any atom is -0.395 e. The Kier molecular flexibility index (Phi) is 6.06. The average molecular weight is 275 g/mol. The molecule has 0 saturated heterocycles. The summed E-state index contributed by atoms with van der Waals surface area (Å²) in [5.74, 6) is 1.62. The van der Waals surface area contributed by atoms with Gasteiger partial charge in [0, 0.05) is 12.1 Å². The second kappa shape index (κ2) is 7.80. The zero-order valence-electron chi connectivity index (χ0n) is 12.9. The molecule has 1 aliphatic carbocycles. The fourth-order valence-corrected chi connectivity index (χ4v) is 3.39. The van der Waals surface area contributed by atoms with Crippen LogP contribution in [0.25, 0.3) is 0 Å². The molecule has 0 spiro atoms. The van der Waals surface area contributed by atoms with Gasteiger partial charge in [0.05, 0.1) is 6.61 Å². The quantitative estimate of drug-likeness (QED) is 0.834. The van der Waals surface area contributed by atoms with E-state index in [1.807, 2.05) is 6.07 Å². The molecule has 1 aromatic carbocycles. The topological polar surface area (TPSA) is 32.3 Å². The predicted molar refractivity (Wildman–Crippen MR) is 84.7 cm³/mol. The first kappa shape index (κ1) is 15.5. The maximum atomic E-state index is 9.63. The van der Waals surface area contributed by atoms with Crippen molar-refractivity contribution in [3.05, 3.63) is 35.9 Å². The highest BCUT2D eigenvalue weighted by Gasteiger charge is 2.25. The van der Waals surface area contributed by atoms with Crippen molar-refractivity contribution in [1.29, 1.82) is 0 Å². The smallest absolute Gasteiger partial charge is 0.0587 e. The summed E-state index contributed by atoms with van der Waals surface area (Å²) < 4.78 is 0.